The number of hydrogen-bond donors (Lipinski definition) is 1. The van der Waals surface area contributed by atoms with Crippen molar-refractivity contribution >= 4 is 23.2 Å². The van der Waals surface area contributed by atoms with Crippen molar-refractivity contribution in [3.63, 3.8) is 0 Å². The lowest BCUT2D eigenvalue weighted by molar-refractivity contribution is 0.0722. The quantitative estimate of drug-likeness (QED) is 0.741. The highest BCUT2D eigenvalue weighted by Gasteiger charge is 2.20. The zero-order valence-corrected chi connectivity index (χ0v) is 17.0. The average Bonchev–Trinajstić information content (AvgIpc) is 3.06. The van der Waals surface area contributed by atoms with Gasteiger partial charge < -0.3 is 10.2 Å². The van der Waals surface area contributed by atoms with Gasteiger partial charge in [-0.1, -0.05) is 33.8 Å². The fraction of sp³-hybridized carbons (Fsp3) is 0.450. The summed E-state index contributed by atoms with van der Waals surface area (Å²) < 4.78 is 13.5. The summed E-state index contributed by atoms with van der Waals surface area (Å²) in [4.78, 5) is 31.0. The Morgan fingerprint density at radius 2 is 1.96 bits per heavy atom. The van der Waals surface area contributed by atoms with E-state index in [1.807, 2.05) is 27.7 Å². The Morgan fingerprint density at radius 3 is 2.59 bits per heavy atom. The number of amides is 2. The number of nitrogens with zero attached hydrogens (tertiary/aromatic N) is 2. The largest absolute Gasteiger partial charge is 0.350 e. The normalized spacial score (nSPS) is 11.1. The number of rotatable bonds is 8. The van der Waals surface area contributed by atoms with Crippen LogP contribution in [0.15, 0.2) is 29.6 Å². The van der Waals surface area contributed by atoms with E-state index in [1.165, 1.54) is 29.5 Å². The van der Waals surface area contributed by atoms with E-state index in [4.69, 9.17) is 0 Å². The molecule has 0 saturated heterocycles. The number of carbonyl (C=O) groups is 2. The van der Waals surface area contributed by atoms with Crippen LogP contribution in [0.4, 0.5) is 4.39 Å². The Bertz CT molecular complexity index is 789. The van der Waals surface area contributed by atoms with Gasteiger partial charge in [-0.05, 0) is 30.0 Å². The predicted molar refractivity (Wildman–Crippen MR) is 105 cm³/mol. The first kappa shape index (κ1) is 21.0. The highest BCUT2D eigenvalue weighted by molar-refractivity contribution is 7.09. The first-order valence-electron chi connectivity index (χ1n) is 9.03. The summed E-state index contributed by atoms with van der Waals surface area (Å²) in [6.45, 7) is 9.46. The number of aromatic nitrogens is 1. The summed E-state index contributed by atoms with van der Waals surface area (Å²) in [5.74, 6) is -0.292. The minimum absolute atomic E-state index is 0.210. The van der Waals surface area contributed by atoms with E-state index < -0.39 is 5.82 Å². The monoisotopic (exact) mass is 391 g/mol. The second kappa shape index (κ2) is 9.60. The molecule has 5 nitrogen and oxygen atoms in total. The summed E-state index contributed by atoms with van der Waals surface area (Å²) in [7, 11) is 0. The van der Waals surface area contributed by atoms with E-state index in [0.717, 1.165) is 0 Å². The van der Waals surface area contributed by atoms with Crippen molar-refractivity contribution in [1.29, 1.82) is 0 Å². The topological polar surface area (TPSA) is 62.3 Å². The number of benzene rings is 1. The lowest BCUT2D eigenvalue weighted by Crippen LogP contribution is -2.34. The van der Waals surface area contributed by atoms with Crippen molar-refractivity contribution in [2.24, 2.45) is 11.8 Å². The molecule has 0 aliphatic carbocycles. The first-order valence-corrected chi connectivity index (χ1v) is 9.91. The molecule has 1 aromatic carbocycles. The van der Waals surface area contributed by atoms with Gasteiger partial charge in [0.25, 0.3) is 11.8 Å². The van der Waals surface area contributed by atoms with Crippen LogP contribution >= 0.6 is 11.3 Å². The molecule has 1 aromatic heterocycles. The van der Waals surface area contributed by atoms with Crippen LogP contribution in [0.1, 0.15) is 53.5 Å². The Balaban J connectivity index is 2.12. The van der Waals surface area contributed by atoms with Crippen LogP contribution in [-0.2, 0) is 6.54 Å². The average molecular weight is 392 g/mol. The van der Waals surface area contributed by atoms with Gasteiger partial charge in [0.05, 0.1) is 6.54 Å². The molecule has 27 heavy (non-hydrogen) atoms. The second-order valence-corrected chi connectivity index (χ2v) is 8.26. The minimum atomic E-state index is -0.441. The molecule has 2 aromatic rings. The Labute approximate surface area is 163 Å². The highest BCUT2D eigenvalue weighted by Crippen LogP contribution is 2.17. The van der Waals surface area contributed by atoms with Gasteiger partial charge in [-0.25, -0.2) is 9.37 Å². The van der Waals surface area contributed by atoms with Gasteiger partial charge in [0.1, 0.15) is 16.5 Å². The third-order valence-corrected chi connectivity index (χ3v) is 4.56. The standard InChI is InChI=1S/C20H26FN3O2S/c1-13(2)9-22-19(25)17-12-27-18(23-17)11-24(10-14(3)4)20(26)15-6-5-7-16(21)8-15/h5-8,12-14H,9-11H2,1-4H3,(H,22,25). The Morgan fingerprint density at radius 1 is 1.22 bits per heavy atom. The van der Waals surface area contributed by atoms with E-state index in [1.54, 1.807) is 16.3 Å². The number of halogens is 1. The molecule has 0 aliphatic heterocycles. The SMILES string of the molecule is CC(C)CNC(=O)c1csc(CN(CC(C)C)C(=O)c2cccc(F)c2)n1. The van der Waals surface area contributed by atoms with Gasteiger partial charge in [-0.2, -0.15) is 0 Å². The molecule has 2 amide bonds. The minimum Gasteiger partial charge on any atom is -0.350 e. The van der Waals surface area contributed by atoms with E-state index in [2.05, 4.69) is 10.3 Å². The molecule has 0 aliphatic rings. The molecule has 0 fully saturated rings. The number of hydrogen-bond acceptors (Lipinski definition) is 4. The number of thiazole rings is 1. The third-order valence-electron chi connectivity index (χ3n) is 3.73. The second-order valence-electron chi connectivity index (χ2n) is 7.32. The van der Waals surface area contributed by atoms with Crippen molar-refractivity contribution in [1.82, 2.24) is 15.2 Å². The predicted octanol–water partition coefficient (Wildman–Crippen LogP) is 3.97. The molecular formula is C20H26FN3O2S. The first-order chi connectivity index (χ1) is 12.8. The molecule has 1 heterocycles. The van der Waals surface area contributed by atoms with Crippen LogP contribution < -0.4 is 5.32 Å². The Hall–Kier alpha value is -2.28. The smallest absolute Gasteiger partial charge is 0.270 e. The van der Waals surface area contributed by atoms with Crippen LogP contribution in [0.3, 0.4) is 0 Å². The van der Waals surface area contributed by atoms with Crippen molar-refractivity contribution in [3.05, 3.63) is 51.7 Å². The van der Waals surface area contributed by atoms with E-state index in [-0.39, 0.29) is 24.3 Å². The van der Waals surface area contributed by atoms with Gasteiger partial charge in [0.2, 0.25) is 0 Å². The summed E-state index contributed by atoms with van der Waals surface area (Å²) in [5.41, 5.74) is 0.667. The molecular weight excluding hydrogens is 365 g/mol. The fourth-order valence-electron chi connectivity index (χ4n) is 2.50. The van der Waals surface area contributed by atoms with E-state index >= 15 is 0 Å². The molecule has 0 bridgehead atoms. The van der Waals surface area contributed by atoms with Crippen LogP contribution in [-0.4, -0.2) is 34.8 Å². The molecule has 146 valence electrons. The van der Waals surface area contributed by atoms with Crippen LogP contribution in [0.5, 0.6) is 0 Å². The summed E-state index contributed by atoms with van der Waals surface area (Å²) in [5, 5.41) is 5.21. The fourth-order valence-corrected chi connectivity index (χ4v) is 3.29. The lowest BCUT2D eigenvalue weighted by atomic mass is 10.1. The molecule has 7 heteroatoms. The highest BCUT2D eigenvalue weighted by atomic mass is 32.1. The zero-order valence-electron chi connectivity index (χ0n) is 16.2. The van der Waals surface area contributed by atoms with E-state index in [9.17, 15) is 14.0 Å². The van der Waals surface area contributed by atoms with Gasteiger partial charge in [0, 0.05) is 24.0 Å². The van der Waals surface area contributed by atoms with Crippen molar-refractivity contribution in [2.45, 2.75) is 34.2 Å². The zero-order chi connectivity index (χ0) is 20.0. The van der Waals surface area contributed by atoms with Crippen LogP contribution in [0, 0.1) is 17.7 Å². The molecule has 0 unspecified atom stereocenters. The van der Waals surface area contributed by atoms with Gasteiger partial charge in [-0.3, -0.25) is 9.59 Å². The maximum absolute atomic E-state index is 13.5. The van der Waals surface area contributed by atoms with Crippen molar-refractivity contribution in [2.75, 3.05) is 13.1 Å². The summed E-state index contributed by atoms with van der Waals surface area (Å²) in [6.07, 6.45) is 0. The third kappa shape index (κ3) is 6.43. The maximum Gasteiger partial charge on any atom is 0.270 e. The molecule has 0 atom stereocenters. The molecule has 0 saturated carbocycles. The van der Waals surface area contributed by atoms with Crippen molar-refractivity contribution in [3.8, 4) is 0 Å². The summed E-state index contributed by atoms with van der Waals surface area (Å²) >= 11 is 1.34. The number of carbonyl (C=O) groups excluding carboxylic acids is 2. The molecule has 0 spiro atoms. The van der Waals surface area contributed by atoms with Gasteiger partial charge in [0.15, 0.2) is 0 Å². The maximum atomic E-state index is 13.5. The van der Waals surface area contributed by atoms with E-state index in [0.29, 0.717) is 35.3 Å². The van der Waals surface area contributed by atoms with Gasteiger partial charge in [-0.15, -0.1) is 11.3 Å². The lowest BCUT2D eigenvalue weighted by Gasteiger charge is -2.23. The molecule has 0 radical (unpaired) electrons. The van der Waals surface area contributed by atoms with Crippen LogP contribution in [0.25, 0.3) is 0 Å². The van der Waals surface area contributed by atoms with Gasteiger partial charge >= 0.3 is 0 Å². The van der Waals surface area contributed by atoms with Crippen LogP contribution in [0.2, 0.25) is 0 Å². The summed E-state index contributed by atoms with van der Waals surface area (Å²) in [6, 6.07) is 5.68. The molecule has 2 rings (SSSR count). The Kier molecular flexibility index (Phi) is 7.47. The number of nitrogens with one attached hydrogen (secondary N) is 1. The molecule has 1 N–H and O–H groups in total. The van der Waals surface area contributed by atoms with Crippen molar-refractivity contribution < 1.29 is 14.0 Å².